The number of carbonyl (C=O) groups is 2. The molecule has 138 valence electrons. The molecular formula is C22H32O3. The van der Waals surface area contributed by atoms with E-state index in [0.29, 0.717) is 17.6 Å². The van der Waals surface area contributed by atoms with E-state index in [1.165, 1.54) is 51.0 Å². The van der Waals surface area contributed by atoms with Crippen molar-refractivity contribution in [2.24, 2.45) is 5.92 Å². The van der Waals surface area contributed by atoms with E-state index in [4.69, 9.17) is 4.74 Å². The van der Waals surface area contributed by atoms with E-state index in [-0.39, 0.29) is 0 Å². The Morgan fingerprint density at radius 2 is 1.64 bits per heavy atom. The van der Waals surface area contributed by atoms with Crippen LogP contribution in [-0.4, -0.2) is 12.3 Å². The Kier molecular flexibility index (Phi) is 11.3. The molecule has 0 amide bonds. The van der Waals surface area contributed by atoms with E-state index in [1.54, 1.807) is 24.3 Å². The molecule has 0 heterocycles. The second kappa shape index (κ2) is 13.4. The van der Waals surface area contributed by atoms with Crippen LogP contribution in [0.25, 0.3) is 0 Å². The van der Waals surface area contributed by atoms with Gasteiger partial charge in [-0.05, 0) is 30.9 Å². The molecule has 1 aromatic carbocycles. The molecule has 0 saturated carbocycles. The molecule has 0 aliphatic rings. The first kappa shape index (κ1) is 21.1. The monoisotopic (exact) mass is 344 g/mol. The maximum Gasteiger partial charge on any atom is 0.335 e. The zero-order valence-electron chi connectivity index (χ0n) is 15.7. The predicted molar refractivity (Wildman–Crippen MR) is 103 cm³/mol. The van der Waals surface area contributed by atoms with E-state index in [1.807, 2.05) is 6.08 Å². The number of rotatable bonds is 13. The summed E-state index contributed by atoms with van der Waals surface area (Å²) in [6.07, 6.45) is 15.2. The predicted octanol–water partition coefficient (Wildman–Crippen LogP) is 6.13. The molecule has 1 aromatic rings. The Morgan fingerprint density at radius 3 is 2.32 bits per heavy atom. The van der Waals surface area contributed by atoms with E-state index in [9.17, 15) is 9.59 Å². The minimum absolute atomic E-state index is 0.310. The third-order valence-corrected chi connectivity index (χ3v) is 4.16. The number of unbranched alkanes of at least 4 members (excludes halogenated alkanes) is 7. The lowest BCUT2D eigenvalue weighted by Crippen LogP contribution is -2.05. The van der Waals surface area contributed by atoms with Crippen molar-refractivity contribution in [3.8, 4) is 5.75 Å². The van der Waals surface area contributed by atoms with Crippen LogP contribution in [0.1, 0.15) is 82.0 Å². The number of allylic oxidation sites excluding steroid dienone is 1. The lowest BCUT2D eigenvalue weighted by molar-refractivity contribution is -0.129. The number of benzene rings is 1. The number of carbonyl (C=O) groups excluding carboxylic acids is 2. The maximum atomic E-state index is 11.7. The SMILES string of the molecule is CC(C)CCCCCCCCC/C=C/C(=O)Oc1ccccc1C=O. The van der Waals surface area contributed by atoms with Crippen LogP contribution >= 0.6 is 0 Å². The van der Waals surface area contributed by atoms with Gasteiger partial charge in [-0.25, -0.2) is 4.79 Å². The van der Waals surface area contributed by atoms with Crippen molar-refractivity contribution in [1.82, 2.24) is 0 Å². The summed E-state index contributed by atoms with van der Waals surface area (Å²) in [5, 5.41) is 0. The first-order chi connectivity index (χ1) is 12.1. The fraction of sp³-hybridized carbons (Fsp3) is 0.545. The van der Waals surface area contributed by atoms with Crippen LogP contribution in [0.5, 0.6) is 5.75 Å². The summed E-state index contributed by atoms with van der Waals surface area (Å²) < 4.78 is 5.18. The van der Waals surface area contributed by atoms with E-state index < -0.39 is 5.97 Å². The average Bonchev–Trinajstić information content (AvgIpc) is 2.59. The number of hydrogen-bond acceptors (Lipinski definition) is 3. The summed E-state index contributed by atoms with van der Waals surface area (Å²) in [5.41, 5.74) is 0.387. The first-order valence-electron chi connectivity index (χ1n) is 9.56. The van der Waals surface area contributed by atoms with Crippen molar-refractivity contribution < 1.29 is 14.3 Å². The molecule has 3 nitrogen and oxygen atoms in total. The van der Waals surface area contributed by atoms with Gasteiger partial charge in [0.1, 0.15) is 5.75 Å². The van der Waals surface area contributed by atoms with Crippen molar-refractivity contribution in [2.45, 2.75) is 71.6 Å². The van der Waals surface area contributed by atoms with Crippen molar-refractivity contribution >= 4 is 12.3 Å². The summed E-state index contributed by atoms with van der Waals surface area (Å²) in [7, 11) is 0. The number of ether oxygens (including phenoxy) is 1. The normalized spacial score (nSPS) is 11.2. The van der Waals surface area contributed by atoms with E-state index in [2.05, 4.69) is 13.8 Å². The van der Waals surface area contributed by atoms with Crippen molar-refractivity contribution in [2.75, 3.05) is 0 Å². The van der Waals surface area contributed by atoms with Crippen molar-refractivity contribution in [3.63, 3.8) is 0 Å². The largest absolute Gasteiger partial charge is 0.423 e. The van der Waals surface area contributed by atoms with Crippen LogP contribution in [0.4, 0.5) is 0 Å². The Bertz CT molecular complexity index is 532. The number of para-hydroxylation sites is 1. The maximum absolute atomic E-state index is 11.7. The van der Waals surface area contributed by atoms with Crippen LogP contribution in [0.2, 0.25) is 0 Å². The van der Waals surface area contributed by atoms with Crippen LogP contribution in [0.15, 0.2) is 36.4 Å². The molecule has 0 aliphatic heterocycles. The smallest absolute Gasteiger partial charge is 0.335 e. The van der Waals surface area contributed by atoms with Crippen molar-refractivity contribution in [3.05, 3.63) is 42.0 Å². The molecule has 0 radical (unpaired) electrons. The topological polar surface area (TPSA) is 43.4 Å². The molecule has 0 unspecified atom stereocenters. The van der Waals surface area contributed by atoms with Gasteiger partial charge in [0.2, 0.25) is 0 Å². The van der Waals surface area contributed by atoms with Crippen LogP contribution in [-0.2, 0) is 4.79 Å². The molecule has 0 aliphatic carbocycles. The molecule has 0 spiro atoms. The number of hydrogen-bond donors (Lipinski definition) is 0. The second-order valence-electron chi connectivity index (χ2n) is 6.93. The summed E-state index contributed by atoms with van der Waals surface area (Å²) in [6, 6.07) is 6.72. The minimum atomic E-state index is -0.431. The lowest BCUT2D eigenvalue weighted by Gasteiger charge is -2.04. The molecule has 0 atom stereocenters. The Hall–Kier alpha value is -1.90. The third kappa shape index (κ3) is 10.5. The van der Waals surface area contributed by atoms with Gasteiger partial charge in [-0.2, -0.15) is 0 Å². The highest BCUT2D eigenvalue weighted by Gasteiger charge is 2.05. The van der Waals surface area contributed by atoms with Crippen LogP contribution in [0, 0.1) is 5.92 Å². The van der Waals surface area contributed by atoms with Gasteiger partial charge >= 0.3 is 5.97 Å². The van der Waals surface area contributed by atoms with Gasteiger partial charge in [-0.15, -0.1) is 0 Å². The molecular weight excluding hydrogens is 312 g/mol. The highest BCUT2D eigenvalue weighted by molar-refractivity contribution is 5.87. The molecule has 1 rings (SSSR count). The van der Waals surface area contributed by atoms with Crippen LogP contribution < -0.4 is 4.74 Å². The third-order valence-electron chi connectivity index (χ3n) is 4.16. The Labute approximate surface area is 152 Å². The van der Waals surface area contributed by atoms with Gasteiger partial charge in [0.25, 0.3) is 0 Å². The lowest BCUT2D eigenvalue weighted by atomic mass is 10.0. The zero-order chi connectivity index (χ0) is 18.3. The van der Waals surface area contributed by atoms with Gasteiger partial charge < -0.3 is 4.74 Å². The van der Waals surface area contributed by atoms with Crippen molar-refractivity contribution in [1.29, 1.82) is 0 Å². The van der Waals surface area contributed by atoms with E-state index in [0.717, 1.165) is 18.8 Å². The zero-order valence-corrected chi connectivity index (χ0v) is 15.7. The van der Waals surface area contributed by atoms with E-state index >= 15 is 0 Å². The molecule has 0 saturated heterocycles. The fourth-order valence-corrected chi connectivity index (χ4v) is 2.69. The molecule has 0 N–H and O–H groups in total. The summed E-state index contributed by atoms with van der Waals surface area (Å²) in [5.74, 6) is 0.703. The standard InChI is InChI=1S/C22H32O3/c1-19(2)14-10-8-6-4-3-5-7-9-11-17-22(24)25-21-16-13-12-15-20(21)18-23/h11-13,15-19H,3-10,14H2,1-2H3/b17-11+. The number of esters is 1. The van der Waals surface area contributed by atoms with Gasteiger partial charge in [-0.3, -0.25) is 4.79 Å². The highest BCUT2D eigenvalue weighted by Crippen LogP contribution is 2.16. The molecule has 25 heavy (non-hydrogen) atoms. The molecule has 0 fully saturated rings. The van der Waals surface area contributed by atoms with Gasteiger partial charge in [0.05, 0.1) is 5.56 Å². The molecule has 0 bridgehead atoms. The average molecular weight is 344 g/mol. The van der Waals surface area contributed by atoms with Crippen LogP contribution in [0.3, 0.4) is 0 Å². The fourth-order valence-electron chi connectivity index (χ4n) is 2.69. The minimum Gasteiger partial charge on any atom is -0.423 e. The number of aldehydes is 1. The second-order valence-corrected chi connectivity index (χ2v) is 6.93. The Morgan fingerprint density at radius 1 is 1.00 bits per heavy atom. The molecule has 0 aromatic heterocycles. The summed E-state index contributed by atoms with van der Waals surface area (Å²) in [4.78, 5) is 22.6. The summed E-state index contributed by atoms with van der Waals surface area (Å²) in [6.45, 7) is 4.56. The van der Waals surface area contributed by atoms with Gasteiger partial charge in [-0.1, -0.05) is 77.0 Å². The summed E-state index contributed by atoms with van der Waals surface area (Å²) >= 11 is 0. The quantitative estimate of drug-likeness (QED) is 0.142. The van der Waals surface area contributed by atoms with Gasteiger partial charge in [0, 0.05) is 6.08 Å². The molecule has 3 heteroatoms. The van der Waals surface area contributed by atoms with Gasteiger partial charge in [0.15, 0.2) is 6.29 Å². The first-order valence-corrected chi connectivity index (χ1v) is 9.56. The Balaban J connectivity index is 2.06. The highest BCUT2D eigenvalue weighted by atomic mass is 16.5.